The highest BCUT2D eigenvalue weighted by Crippen LogP contribution is 2.20. The van der Waals surface area contributed by atoms with E-state index < -0.39 is 0 Å². The Hall–Kier alpha value is -2.52. The molecule has 0 aliphatic heterocycles. The summed E-state index contributed by atoms with van der Waals surface area (Å²) in [6, 6.07) is 15.5. The Kier molecular flexibility index (Phi) is 3.75. The Bertz CT molecular complexity index is 791. The molecule has 0 bridgehead atoms. The summed E-state index contributed by atoms with van der Waals surface area (Å²) in [5, 5.41) is 1.93. The van der Waals surface area contributed by atoms with Crippen LogP contribution in [0.5, 0.6) is 0 Å². The average molecular weight is 276 g/mol. The van der Waals surface area contributed by atoms with Crippen molar-refractivity contribution in [3.63, 3.8) is 0 Å². The van der Waals surface area contributed by atoms with Gasteiger partial charge in [-0.15, -0.1) is 0 Å². The quantitative estimate of drug-likeness (QED) is 0.745. The molecular weight excluding hydrogens is 260 g/mol. The normalized spacial score (nSPS) is 10.7. The number of benzene rings is 2. The molecule has 2 N–H and O–H groups in total. The van der Waals surface area contributed by atoms with Crippen molar-refractivity contribution in [2.75, 3.05) is 0 Å². The third kappa shape index (κ3) is 2.69. The lowest BCUT2D eigenvalue weighted by atomic mass is 9.96. The van der Waals surface area contributed by atoms with Crippen molar-refractivity contribution in [2.45, 2.75) is 13.0 Å². The fourth-order valence-corrected chi connectivity index (χ4v) is 2.55. The Morgan fingerprint density at radius 3 is 2.62 bits per heavy atom. The van der Waals surface area contributed by atoms with E-state index in [1.165, 1.54) is 0 Å². The van der Waals surface area contributed by atoms with E-state index in [9.17, 15) is 4.79 Å². The van der Waals surface area contributed by atoms with E-state index in [2.05, 4.69) is 4.98 Å². The van der Waals surface area contributed by atoms with Gasteiger partial charge in [-0.05, 0) is 22.6 Å². The van der Waals surface area contributed by atoms with E-state index >= 15 is 0 Å². The van der Waals surface area contributed by atoms with Crippen LogP contribution in [0.15, 0.2) is 60.9 Å². The molecule has 2 aromatic carbocycles. The van der Waals surface area contributed by atoms with Crippen LogP contribution in [-0.2, 0) is 13.0 Å². The van der Waals surface area contributed by atoms with Crippen LogP contribution in [0.2, 0.25) is 0 Å². The zero-order valence-corrected chi connectivity index (χ0v) is 11.6. The van der Waals surface area contributed by atoms with Crippen LogP contribution in [0.25, 0.3) is 10.8 Å². The van der Waals surface area contributed by atoms with Gasteiger partial charge in [0.05, 0.1) is 0 Å². The first-order valence-corrected chi connectivity index (χ1v) is 6.92. The minimum Gasteiger partial charge on any atom is -0.326 e. The summed E-state index contributed by atoms with van der Waals surface area (Å²) in [5.74, 6) is 0.0921. The highest BCUT2D eigenvalue weighted by Gasteiger charge is 2.12. The van der Waals surface area contributed by atoms with Gasteiger partial charge < -0.3 is 5.73 Å². The number of Topliss-reactive ketones (excluding diaryl/α,β-unsaturated/α-hetero) is 1. The van der Waals surface area contributed by atoms with Gasteiger partial charge in [-0.3, -0.25) is 9.78 Å². The molecule has 0 aliphatic rings. The lowest BCUT2D eigenvalue weighted by Crippen LogP contribution is -2.08. The maximum atomic E-state index is 12.6. The van der Waals surface area contributed by atoms with E-state index in [4.69, 9.17) is 5.73 Å². The topological polar surface area (TPSA) is 56.0 Å². The molecule has 1 heterocycles. The van der Waals surface area contributed by atoms with Crippen molar-refractivity contribution < 1.29 is 4.79 Å². The van der Waals surface area contributed by atoms with Gasteiger partial charge in [0.2, 0.25) is 0 Å². The number of carbonyl (C=O) groups excluding carboxylic acids is 1. The Balaban J connectivity index is 1.98. The lowest BCUT2D eigenvalue weighted by Gasteiger charge is -2.08. The van der Waals surface area contributed by atoms with Crippen molar-refractivity contribution in [1.82, 2.24) is 4.98 Å². The second-order valence-electron chi connectivity index (χ2n) is 4.98. The fraction of sp³-hybridized carbons (Fsp3) is 0.111. The molecule has 0 spiro atoms. The summed E-state index contributed by atoms with van der Waals surface area (Å²) in [7, 11) is 0. The maximum absolute atomic E-state index is 12.6. The highest BCUT2D eigenvalue weighted by molar-refractivity contribution is 6.08. The van der Waals surface area contributed by atoms with Crippen molar-refractivity contribution in [3.8, 4) is 0 Å². The monoisotopic (exact) mass is 276 g/mol. The molecule has 3 heteroatoms. The Labute approximate surface area is 123 Å². The second kappa shape index (κ2) is 5.85. The highest BCUT2D eigenvalue weighted by atomic mass is 16.1. The number of hydrogen-bond acceptors (Lipinski definition) is 3. The number of fused-ring (bicyclic) bond motifs is 1. The summed E-state index contributed by atoms with van der Waals surface area (Å²) in [6.07, 6.45) is 3.85. The summed E-state index contributed by atoms with van der Waals surface area (Å²) in [6.45, 7) is 0.445. The minimum atomic E-state index is 0.0921. The van der Waals surface area contributed by atoms with Crippen molar-refractivity contribution >= 4 is 16.6 Å². The van der Waals surface area contributed by atoms with Crippen LogP contribution in [0, 0.1) is 0 Å². The first-order valence-electron chi connectivity index (χ1n) is 6.92. The molecule has 0 amide bonds. The molecule has 21 heavy (non-hydrogen) atoms. The number of hydrogen-bond donors (Lipinski definition) is 1. The van der Waals surface area contributed by atoms with Gasteiger partial charge in [0.1, 0.15) is 0 Å². The number of carbonyl (C=O) groups is 1. The van der Waals surface area contributed by atoms with Gasteiger partial charge in [0, 0.05) is 36.3 Å². The minimum absolute atomic E-state index is 0.0921. The molecule has 0 unspecified atom stereocenters. The second-order valence-corrected chi connectivity index (χ2v) is 4.98. The Morgan fingerprint density at radius 1 is 1.00 bits per heavy atom. The molecule has 3 nitrogen and oxygen atoms in total. The third-order valence-corrected chi connectivity index (χ3v) is 3.67. The van der Waals surface area contributed by atoms with Gasteiger partial charge in [-0.1, -0.05) is 42.5 Å². The van der Waals surface area contributed by atoms with Crippen molar-refractivity contribution in [3.05, 3.63) is 77.6 Å². The number of aromatic nitrogens is 1. The number of nitrogens with zero attached hydrogens (tertiary/aromatic N) is 1. The molecule has 0 radical (unpaired) electrons. The first-order chi connectivity index (χ1) is 10.3. The zero-order valence-electron chi connectivity index (χ0n) is 11.6. The molecule has 0 aliphatic carbocycles. The molecule has 3 rings (SSSR count). The van der Waals surface area contributed by atoms with Gasteiger partial charge >= 0.3 is 0 Å². The van der Waals surface area contributed by atoms with Crippen LogP contribution in [0.4, 0.5) is 0 Å². The lowest BCUT2D eigenvalue weighted by molar-refractivity contribution is 0.0994. The third-order valence-electron chi connectivity index (χ3n) is 3.67. The van der Waals surface area contributed by atoms with Gasteiger partial charge in [0.15, 0.2) is 5.78 Å². The molecule has 104 valence electrons. The molecule has 0 atom stereocenters. The van der Waals surface area contributed by atoms with E-state index in [0.29, 0.717) is 18.5 Å². The van der Waals surface area contributed by atoms with Crippen LogP contribution in [0.3, 0.4) is 0 Å². The van der Waals surface area contributed by atoms with E-state index in [0.717, 1.165) is 21.9 Å². The van der Waals surface area contributed by atoms with Crippen LogP contribution < -0.4 is 5.73 Å². The summed E-state index contributed by atoms with van der Waals surface area (Å²) in [5.41, 5.74) is 8.46. The number of ketones is 1. The van der Waals surface area contributed by atoms with Crippen molar-refractivity contribution in [1.29, 1.82) is 0 Å². The zero-order chi connectivity index (χ0) is 14.7. The predicted octanol–water partition coefficient (Wildman–Crippen LogP) is 3.12. The average Bonchev–Trinajstić information content (AvgIpc) is 2.54. The molecule has 0 saturated heterocycles. The molecule has 3 aromatic rings. The molecule has 0 fully saturated rings. The van der Waals surface area contributed by atoms with Crippen LogP contribution >= 0.6 is 0 Å². The Morgan fingerprint density at radius 2 is 1.81 bits per heavy atom. The van der Waals surface area contributed by atoms with Gasteiger partial charge in [0.25, 0.3) is 0 Å². The predicted molar refractivity (Wildman–Crippen MR) is 84.1 cm³/mol. The van der Waals surface area contributed by atoms with E-state index in [1.54, 1.807) is 12.4 Å². The molecule has 0 saturated carbocycles. The van der Waals surface area contributed by atoms with Crippen LogP contribution in [-0.4, -0.2) is 10.8 Å². The number of nitrogens with two attached hydrogens (primary N) is 1. The molecular formula is C18H16N2O. The summed E-state index contributed by atoms with van der Waals surface area (Å²) >= 11 is 0. The van der Waals surface area contributed by atoms with Crippen LogP contribution in [0.1, 0.15) is 21.5 Å². The first kappa shape index (κ1) is 13.5. The largest absolute Gasteiger partial charge is 0.326 e. The SMILES string of the molecule is NCc1ccccc1CC(=O)c1cccc2ccncc12. The van der Waals surface area contributed by atoms with Gasteiger partial charge in [-0.25, -0.2) is 0 Å². The molecule has 1 aromatic heterocycles. The van der Waals surface area contributed by atoms with Crippen molar-refractivity contribution in [2.24, 2.45) is 5.73 Å². The summed E-state index contributed by atoms with van der Waals surface area (Å²) in [4.78, 5) is 16.8. The standard InChI is InChI=1S/C18H16N2O/c19-11-15-5-2-1-4-14(15)10-18(21)16-7-3-6-13-8-9-20-12-17(13)16/h1-9,12H,10-11,19H2. The van der Waals surface area contributed by atoms with E-state index in [1.807, 2.05) is 48.5 Å². The van der Waals surface area contributed by atoms with Gasteiger partial charge in [-0.2, -0.15) is 0 Å². The van der Waals surface area contributed by atoms with E-state index in [-0.39, 0.29) is 5.78 Å². The number of pyridine rings is 1. The smallest absolute Gasteiger partial charge is 0.167 e. The number of rotatable bonds is 4. The summed E-state index contributed by atoms with van der Waals surface area (Å²) < 4.78 is 0. The fourth-order valence-electron chi connectivity index (χ4n) is 2.55. The maximum Gasteiger partial charge on any atom is 0.167 e.